The van der Waals surface area contributed by atoms with E-state index in [1.165, 1.54) is 5.56 Å². The van der Waals surface area contributed by atoms with Crippen LogP contribution in [-0.4, -0.2) is 42.5 Å². The van der Waals surface area contributed by atoms with Crippen LogP contribution in [0.2, 0.25) is 0 Å². The monoisotopic (exact) mass is 311 g/mol. The molecule has 1 saturated heterocycles. The number of carbonyl (C=O) groups excluding carboxylic acids is 1. The smallest absolute Gasteiger partial charge is 0.239 e. The Balaban J connectivity index is 1.56. The standard InChI is InChI=1S/C18H21N3O2/c1-23-16-7-3-2-6-15(16)14-9-11-21(12-14)13-18(22)20-17-8-4-5-10-19-17/h2-8,10,14H,9,11-13H2,1H3,(H,19,20,22)/t14-/m0/s1. The maximum absolute atomic E-state index is 12.1. The van der Waals surface area contributed by atoms with Gasteiger partial charge in [-0.1, -0.05) is 24.3 Å². The van der Waals surface area contributed by atoms with Crippen molar-refractivity contribution in [1.29, 1.82) is 0 Å². The summed E-state index contributed by atoms with van der Waals surface area (Å²) >= 11 is 0. The molecule has 0 radical (unpaired) electrons. The van der Waals surface area contributed by atoms with Gasteiger partial charge in [0.15, 0.2) is 0 Å². The van der Waals surface area contributed by atoms with Crippen LogP contribution in [0, 0.1) is 0 Å². The number of aromatic nitrogens is 1. The molecule has 0 unspecified atom stereocenters. The molecule has 1 N–H and O–H groups in total. The number of nitrogens with zero attached hydrogens (tertiary/aromatic N) is 2. The largest absolute Gasteiger partial charge is 0.496 e. The Hall–Kier alpha value is -2.40. The zero-order valence-corrected chi connectivity index (χ0v) is 13.2. The second-order valence-electron chi connectivity index (χ2n) is 5.73. The first-order valence-corrected chi connectivity index (χ1v) is 7.82. The van der Waals surface area contributed by atoms with Gasteiger partial charge in [0.05, 0.1) is 13.7 Å². The molecule has 5 heteroatoms. The summed E-state index contributed by atoms with van der Waals surface area (Å²) < 4.78 is 5.45. The summed E-state index contributed by atoms with van der Waals surface area (Å²) in [7, 11) is 1.70. The minimum atomic E-state index is -0.0237. The van der Waals surface area contributed by atoms with Crippen LogP contribution in [0.1, 0.15) is 17.9 Å². The molecule has 1 amide bonds. The first-order valence-electron chi connectivity index (χ1n) is 7.82. The third kappa shape index (κ3) is 3.87. The third-order valence-electron chi connectivity index (χ3n) is 4.15. The number of ether oxygens (including phenoxy) is 1. The van der Waals surface area contributed by atoms with Crippen LogP contribution in [0.4, 0.5) is 5.82 Å². The van der Waals surface area contributed by atoms with Crippen molar-refractivity contribution in [2.24, 2.45) is 0 Å². The molecule has 2 aromatic rings. The van der Waals surface area contributed by atoms with Crippen LogP contribution in [-0.2, 0) is 4.79 Å². The Morgan fingerprint density at radius 2 is 2.13 bits per heavy atom. The Kier molecular flexibility index (Phi) is 4.88. The van der Waals surface area contributed by atoms with Crippen LogP contribution in [0.3, 0.4) is 0 Å². The van der Waals surface area contributed by atoms with Gasteiger partial charge in [-0.3, -0.25) is 9.69 Å². The summed E-state index contributed by atoms with van der Waals surface area (Å²) in [6, 6.07) is 13.6. The van der Waals surface area contributed by atoms with Crippen LogP contribution in [0.25, 0.3) is 0 Å². The second-order valence-corrected chi connectivity index (χ2v) is 5.73. The maximum Gasteiger partial charge on any atom is 0.239 e. The van der Waals surface area contributed by atoms with Crippen molar-refractivity contribution in [2.75, 3.05) is 32.1 Å². The summed E-state index contributed by atoms with van der Waals surface area (Å²) in [5.41, 5.74) is 1.22. The molecule has 5 nitrogen and oxygen atoms in total. The third-order valence-corrected chi connectivity index (χ3v) is 4.15. The molecule has 2 heterocycles. The number of para-hydroxylation sites is 1. The van der Waals surface area contributed by atoms with E-state index in [0.29, 0.717) is 18.3 Å². The maximum atomic E-state index is 12.1. The molecule has 1 atom stereocenters. The average molecular weight is 311 g/mol. The van der Waals surface area contributed by atoms with Gasteiger partial charge in [0, 0.05) is 18.7 Å². The molecule has 0 aliphatic carbocycles. The Bertz CT molecular complexity index is 660. The summed E-state index contributed by atoms with van der Waals surface area (Å²) in [5, 5.41) is 2.83. The predicted octanol–water partition coefficient (Wildman–Crippen LogP) is 2.52. The molecule has 0 spiro atoms. The van der Waals surface area contributed by atoms with Gasteiger partial charge in [0.2, 0.25) is 5.91 Å². The lowest BCUT2D eigenvalue weighted by atomic mass is 9.97. The minimum absolute atomic E-state index is 0.0237. The number of benzene rings is 1. The molecule has 1 aromatic carbocycles. The van der Waals surface area contributed by atoms with E-state index in [0.717, 1.165) is 25.3 Å². The zero-order valence-electron chi connectivity index (χ0n) is 13.2. The molecule has 1 aliphatic rings. The van der Waals surface area contributed by atoms with Crippen molar-refractivity contribution >= 4 is 11.7 Å². The molecule has 1 fully saturated rings. The van der Waals surface area contributed by atoms with Crippen molar-refractivity contribution in [3.63, 3.8) is 0 Å². The van der Waals surface area contributed by atoms with Gasteiger partial charge in [-0.25, -0.2) is 4.98 Å². The number of hydrogen-bond acceptors (Lipinski definition) is 4. The number of methoxy groups -OCH3 is 1. The van der Waals surface area contributed by atoms with Crippen LogP contribution < -0.4 is 10.1 Å². The molecule has 3 rings (SSSR count). The fraction of sp³-hybridized carbons (Fsp3) is 0.333. The molecule has 120 valence electrons. The number of amides is 1. The molecule has 1 aliphatic heterocycles. The summed E-state index contributed by atoms with van der Waals surface area (Å²) in [6.45, 7) is 2.18. The highest BCUT2D eigenvalue weighted by Gasteiger charge is 2.27. The van der Waals surface area contributed by atoms with Crippen molar-refractivity contribution in [1.82, 2.24) is 9.88 Å². The molecule has 23 heavy (non-hydrogen) atoms. The van der Waals surface area contributed by atoms with E-state index in [2.05, 4.69) is 21.3 Å². The van der Waals surface area contributed by atoms with E-state index in [1.54, 1.807) is 19.4 Å². The number of nitrogens with one attached hydrogen (secondary N) is 1. The highest BCUT2D eigenvalue weighted by molar-refractivity contribution is 5.91. The summed E-state index contributed by atoms with van der Waals surface area (Å²) in [5.74, 6) is 1.91. The van der Waals surface area contributed by atoms with E-state index in [4.69, 9.17) is 4.74 Å². The quantitative estimate of drug-likeness (QED) is 0.922. The Labute approximate surface area is 136 Å². The highest BCUT2D eigenvalue weighted by atomic mass is 16.5. The highest BCUT2D eigenvalue weighted by Crippen LogP contribution is 2.33. The van der Waals surface area contributed by atoms with Crippen LogP contribution >= 0.6 is 0 Å². The molecular weight excluding hydrogens is 290 g/mol. The predicted molar refractivity (Wildman–Crippen MR) is 89.7 cm³/mol. The normalized spacial score (nSPS) is 17.9. The van der Waals surface area contributed by atoms with Gasteiger partial charge in [0.25, 0.3) is 0 Å². The van der Waals surface area contributed by atoms with Crippen LogP contribution in [0.5, 0.6) is 5.75 Å². The van der Waals surface area contributed by atoms with E-state index in [1.807, 2.05) is 30.3 Å². The number of rotatable bonds is 5. The van der Waals surface area contributed by atoms with E-state index < -0.39 is 0 Å². The van der Waals surface area contributed by atoms with Gasteiger partial charge in [-0.2, -0.15) is 0 Å². The number of carbonyl (C=O) groups is 1. The van der Waals surface area contributed by atoms with Crippen molar-refractivity contribution in [3.8, 4) is 5.75 Å². The lowest BCUT2D eigenvalue weighted by Gasteiger charge is -2.17. The van der Waals surface area contributed by atoms with Crippen LogP contribution in [0.15, 0.2) is 48.7 Å². The molecule has 0 saturated carbocycles. The Morgan fingerprint density at radius 1 is 1.30 bits per heavy atom. The lowest BCUT2D eigenvalue weighted by Crippen LogP contribution is -2.31. The fourth-order valence-electron chi connectivity index (χ4n) is 3.06. The van der Waals surface area contributed by atoms with E-state index in [-0.39, 0.29) is 5.91 Å². The van der Waals surface area contributed by atoms with Gasteiger partial charge in [0.1, 0.15) is 11.6 Å². The lowest BCUT2D eigenvalue weighted by molar-refractivity contribution is -0.117. The van der Waals surface area contributed by atoms with E-state index >= 15 is 0 Å². The first-order chi connectivity index (χ1) is 11.3. The number of likely N-dealkylation sites (tertiary alicyclic amines) is 1. The number of pyridine rings is 1. The minimum Gasteiger partial charge on any atom is -0.496 e. The van der Waals surface area contributed by atoms with Gasteiger partial charge in [-0.15, -0.1) is 0 Å². The zero-order chi connectivity index (χ0) is 16.1. The van der Waals surface area contributed by atoms with E-state index in [9.17, 15) is 4.79 Å². The summed E-state index contributed by atoms with van der Waals surface area (Å²) in [4.78, 5) is 18.4. The first kappa shape index (κ1) is 15.5. The SMILES string of the molecule is COc1ccccc1[C@H]1CCN(CC(=O)Nc2ccccn2)C1. The topological polar surface area (TPSA) is 54.5 Å². The van der Waals surface area contributed by atoms with Crippen molar-refractivity contribution < 1.29 is 9.53 Å². The number of hydrogen-bond donors (Lipinski definition) is 1. The van der Waals surface area contributed by atoms with Gasteiger partial charge >= 0.3 is 0 Å². The average Bonchev–Trinajstić information content (AvgIpc) is 3.03. The molecular formula is C18H21N3O2. The molecule has 1 aromatic heterocycles. The molecule has 0 bridgehead atoms. The number of anilines is 1. The van der Waals surface area contributed by atoms with Gasteiger partial charge in [-0.05, 0) is 36.7 Å². The fourth-order valence-corrected chi connectivity index (χ4v) is 3.06. The van der Waals surface area contributed by atoms with Crippen molar-refractivity contribution in [2.45, 2.75) is 12.3 Å². The van der Waals surface area contributed by atoms with Gasteiger partial charge < -0.3 is 10.1 Å². The van der Waals surface area contributed by atoms with Crippen molar-refractivity contribution in [3.05, 3.63) is 54.2 Å². The second kappa shape index (κ2) is 7.24. The summed E-state index contributed by atoms with van der Waals surface area (Å²) in [6.07, 6.45) is 2.71. The Morgan fingerprint density at radius 3 is 2.91 bits per heavy atom.